The zero-order chi connectivity index (χ0) is 13.0. The maximum atomic E-state index is 13.1. The van der Waals surface area contributed by atoms with E-state index in [2.05, 4.69) is 5.43 Å². The van der Waals surface area contributed by atoms with Crippen LogP contribution in [-0.4, -0.2) is 0 Å². The van der Waals surface area contributed by atoms with E-state index in [1.807, 2.05) is 30.3 Å². The van der Waals surface area contributed by atoms with Gasteiger partial charge in [0.15, 0.2) is 0 Å². The van der Waals surface area contributed by atoms with Crippen molar-refractivity contribution in [3.05, 3.63) is 70.5 Å². The zero-order valence-electron chi connectivity index (χ0n) is 9.74. The van der Waals surface area contributed by atoms with Gasteiger partial charge in [-0.2, -0.15) is 0 Å². The molecule has 0 aromatic heterocycles. The molecule has 94 valence electrons. The normalized spacial score (nSPS) is 12.4. The Morgan fingerprint density at radius 2 is 1.89 bits per heavy atom. The second kappa shape index (κ2) is 5.96. The lowest BCUT2D eigenvalue weighted by molar-refractivity contribution is 0.548. The van der Waals surface area contributed by atoms with Gasteiger partial charge in [0, 0.05) is 11.1 Å². The molecule has 1 atom stereocenters. The lowest BCUT2D eigenvalue weighted by Crippen LogP contribution is -2.29. The highest BCUT2D eigenvalue weighted by Gasteiger charge is 2.10. The van der Waals surface area contributed by atoms with Crippen molar-refractivity contribution in [3.63, 3.8) is 0 Å². The quantitative estimate of drug-likeness (QED) is 0.657. The Hall–Kier alpha value is -1.42. The van der Waals surface area contributed by atoms with Crippen molar-refractivity contribution >= 4 is 11.6 Å². The molecule has 0 aliphatic heterocycles. The van der Waals surface area contributed by atoms with Gasteiger partial charge in [-0.15, -0.1) is 0 Å². The molecule has 2 aromatic carbocycles. The van der Waals surface area contributed by atoms with Crippen LogP contribution in [0.1, 0.15) is 17.2 Å². The molecule has 2 rings (SSSR count). The standard InChI is InChI=1S/C14H14ClFN2/c15-12-6-4-11(5-7-12)14(18-17)9-10-2-1-3-13(16)8-10/h1-8,14,18H,9,17H2. The lowest BCUT2D eigenvalue weighted by atomic mass is 9.99. The first kappa shape index (κ1) is 13.0. The molecule has 0 aliphatic carbocycles. The first-order valence-corrected chi connectivity index (χ1v) is 6.03. The van der Waals surface area contributed by atoms with E-state index in [4.69, 9.17) is 17.4 Å². The number of nitrogens with one attached hydrogen (secondary N) is 1. The number of nitrogens with two attached hydrogens (primary N) is 1. The first-order valence-electron chi connectivity index (χ1n) is 5.65. The van der Waals surface area contributed by atoms with Gasteiger partial charge in [0.25, 0.3) is 0 Å². The van der Waals surface area contributed by atoms with E-state index in [9.17, 15) is 4.39 Å². The zero-order valence-corrected chi connectivity index (χ0v) is 10.5. The second-order valence-electron chi connectivity index (χ2n) is 4.10. The van der Waals surface area contributed by atoms with Gasteiger partial charge in [0.1, 0.15) is 5.82 Å². The third-order valence-corrected chi connectivity index (χ3v) is 3.05. The number of halogens is 2. The molecule has 3 N–H and O–H groups in total. The van der Waals surface area contributed by atoms with Gasteiger partial charge in [-0.1, -0.05) is 35.9 Å². The van der Waals surface area contributed by atoms with Crippen molar-refractivity contribution < 1.29 is 4.39 Å². The monoisotopic (exact) mass is 264 g/mol. The topological polar surface area (TPSA) is 38.0 Å². The Morgan fingerprint density at radius 3 is 2.50 bits per heavy atom. The summed E-state index contributed by atoms with van der Waals surface area (Å²) in [4.78, 5) is 0. The average Bonchev–Trinajstić information content (AvgIpc) is 2.37. The highest BCUT2D eigenvalue weighted by Crippen LogP contribution is 2.20. The Morgan fingerprint density at radius 1 is 1.17 bits per heavy atom. The van der Waals surface area contributed by atoms with E-state index in [-0.39, 0.29) is 11.9 Å². The van der Waals surface area contributed by atoms with Gasteiger partial charge in [-0.05, 0) is 41.8 Å². The minimum atomic E-state index is -0.237. The van der Waals surface area contributed by atoms with Crippen LogP contribution in [0, 0.1) is 5.82 Å². The third-order valence-electron chi connectivity index (χ3n) is 2.80. The van der Waals surface area contributed by atoms with Crippen LogP contribution in [0.25, 0.3) is 0 Å². The van der Waals surface area contributed by atoms with E-state index in [0.29, 0.717) is 11.4 Å². The molecule has 0 bridgehead atoms. The Balaban J connectivity index is 2.17. The predicted molar refractivity (Wildman–Crippen MR) is 71.6 cm³/mol. The number of hydrogen-bond donors (Lipinski definition) is 2. The van der Waals surface area contributed by atoms with E-state index in [0.717, 1.165) is 11.1 Å². The van der Waals surface area contributed by atoms with Gasteiger partial charge in [0.05, 0.1) is 0 Å². The fourth-order valence-electron chi connectivity index (χ4n) is 1.87. The molecular formula is C14H14ClFN2. The molecule has 0 amide bonds. The van der Waals surface area contributed by atoms with Crippen LogP contribution >= 0.6 is 11.6 Å². The van der Waals surface area contributed by atoms with E-state index < -0.39 is 0 Å². The van der Waals surface area contributed by atoms with Crippen LogP contribution < -0.4 is 11.3 Å². The first-order chi connectivity index (χ1) is 8.69. The molecule has 1 unspecified atom stereocenters. The fourth-order valence-corrected chi connectivity index (χ4v) is 1.99. The van der Waals surface area contributed by atoms with Gasteiger partial charge < -0.3 is 0 Å². The molecule has 0 spiro atoms. The van der Waals surface area contributed by atoms with Gasteiger partial charge in [-0.25, -0.2) is 4.39 Å². The molecule has 4 heteroatoms. The van der Waals surface area contributed by atoms with Crippen molar-refractivity contribution in [3.8, 4) is 0 Å². The summed E-state index contributed by atoms with van der Waals surface area (Å²) >= 11 is 5.84. The smallest absolute Gasteiger partial charge is 0.123 e. The molecule has 2 aromatic rings. The van der Waals surface area contributed by atoms with Crippen molar-refractivity contribution in [1.29, 1.82) is 0 Å². The Labute approximate surface area is 111 Å². The van der Waals surface area contributed by atoms with E-state index in [1.165, 1.54) is 12.1 Å². The molecule has 18 heavy (non-hydrogen) atoms. The summed E-state index contributed by atoms with van der Waals surface area (Å²) in [6, 6.07) is 13.9. The molecular weight excluding hydrogens is 251 g/mol. The maximum Gasteiger partial charge on any atom is 0.123 e. The minimum Gasteiger partial charge on any atom is -0.271 e. The number of hydrogen-bond acceptors (Lipinski definition) is 2. The summed E-state index contributed by atoms with van der Waals surface area (Å²) in [6.45, 7) is 0. The highest BCUT2D eigenvalue weighted by molar-refractivity contribution is 6.30. The van der Waals surface area contributed by atoms with E-state index in [1.54, 1.807) is 6.07 Å². The van der Waals surface area contributed by atoms with Crippen LogP contribution in [0.15, 0.2) is 48.5 Å². The molecule has 0 aliphatic rings. The number of benzene rings is 2. The summed E-state index contributed by atoms with van der Waals surface area (Å²) in [7, 11) is 0. The number of rotatable bonds is 4. The van der Waals surface area contributed by atoms with E-state index >= 15 is 0 Å². The van der Waals surface area contributed by atoms with Crippen LogP contribution in [0.4, 0.5) is 4.39 Å². The molecule has 0 saturated carbocycles. The van der Waals surface area contributed by atoms with Crippen molar-refractivity contribution in [1.82, 2.24) is 5.43 Å². The maximum absolute atomic E-state index is 13.1. The summed E-state index contributed by atoms with van der Waals surface area (Å²) in [6.07, 6.45) is 0.621. The molecule has 0 fully saturated rings. The van der Waals surface area contributed by atoms with Crippen LogP contribution in [0.2, 0.25) is 5.02 Å². The molecule has 0 saturated heterocycles. The summed E-state index contributed by atoms with van der Waals surface area (Å²) in [5, 5.41) is 0.681. The van der Waals surface area contributed by atoms with Crippen LogP contribution in [-0.2, 0) is 6.42 Å². The van der Waals surface area contributed by atoms with Gasteiger partial charge in [-0.3, -0.25) is 11.3 Å². The molecule has 2 nitrogen and oxygen atoms in total. The average molecular weight is 265 g/mol. The van der Waals surface area contributed by atoms with Crippen LogP contribution in [0.3, 0.4) is 0 Å². The summed E-state index contributed by atoms with van der Waals surface area (Å²) in [5.41, 5.74) is 4.66. The van der Waals surface area contributed by atoms with Crippen molar-refractivity contribution in [2.75, 3.05) is 0 Å². The lowest BCUT2D eigenvalue weighted by Gasteiger charge is -2.16. The Kier molecular flexibility index (Phi) is 4.31. The summed E-state index contributed by atoms with van der Waals surface area (Å²) in [5.74, 6) is 5.32. The molecule has 0 radical (unpaired) electrons. The molecule has 0 heterocycles. The summed E-state index contributed by atoms with van der Waals surface area (Å²) < 4.78 is 13.1. The fraction of sp³-hybridized carbons (Fsp3) is 0.143. The minimum absolute atomic E-state index is 0.0657. The predicted octanol–water partition coefficient (Wildman–Crippen LogP) is 3.23. The van der Waals surface area contributed by atoms with Gasteiger partial charge in [0.2, 0.25) is 0 Å². The second-order valence-corrected chi connectivity index (χ2v) is 4.54. The van der Waals surface area contributed by atoms with Gasteiger partial charge >= 0.3 is 0 Å². The number of hydrazine groups is 1. The van der Waals surface area contributed by atoms with Crippen molar-refractivity contribution in [2.45, 2.75) is 12.5 Å². The third kappa shape index (κ3) is 3.29. The van der Waals surface area contributed by atoms with Crippen molar-refractivity contribution in [2.24, 2.45) is 5.84 Å². The SMILES string of the molecule is NNC(Cc1cccc(F)c1)c1ccc(Cl)cc1. The largest absolute Gasteiger partial charge is 0.271 e. The van der Waals surface area contributed by atoms with Crippen LogP contribution in [0.5, 0.6) is 0 Å². The Bertz CT molecular complexity index is 513. The highest BCUT2D eigenvalue weighted by atomic mass is 35.5.